The third kappa shape index (κ3) is 2.40. The Morgan fingerprint density at radius 3 is 2.95 bits per heavy atom. The second kappa shape index (κ2) is 4.77. The van der Waals surface area contributed by atoms with E-state index in [0.29, 0.717) is 6.54 Å². The fourth-order valence-corrected chi connectivity index (χ4v) is 2.47. The molecule has 0 spiro atoms. The fraction of sp³-hybridized carbons (Fsp3) is 0.615. The van der Waals surface area contributed by atoms with Crippen molar-refractivity contribution >= 4 is 0 Å². The first kappa shape index (κ1) is 12.3. The molecule has 2 heterocycles. The van der Waals surface area contributed by atoms with Gasteiger partial charge < -0.3 is 9.67 Å². The van der Waals surface area contributed by atoms with Crippen molar-refractivity contribution < 1.29 is 5.11 Å². The molecule has 6 heteroatoms. The quantitative estimate of drug-likeness (QED) is 0.841. The number of nitrogens with zero attached hydrogens (tertiary/aromatic N) is 5. The van der Waals surface area contributed by atoms with Crippen LogP contribution in [0.3, 0.4) is 0 Å². The molecule has 2 aromatic rings. The summed E-state index contributed by atoms with van der Waals surface area (Å²) in [6.45, 7) is 3.38. The number of aliphatic hydroxyl groups excluding tert-OH is 1. The standard InChI is InChI=1S/C13H19N5O/c1-2-11(19)7-18-12(15-9-16-18)13(3-4-13)8-17-6-5-14-10-17/h5-6,9-11,19H,2-4,7-8H2,1H3. The molecule has 1 aliphatic carbocycles. The van der Waals surface area contributed by atoms with Crippen LogP contribution >= 0.6 is 0 Å². The van der Waals surface area contributed by atoms with Crippen LogP contribution in [0.1, 0.15) is 32.0 Å². The Bertz CT molecular complexity index is 529. The van der Waals surface area contributed by atoms with Crippen molar-refractivity contribution in [2.24, 2.45) is 0 Å². The van der Waals surface area contributed by atoms with Crippen LogP contribution in [0.5, 0.6) is 0 Å². The van der Waals surface area contributed by atoms with E-state index in [1.54, 1.807) is 12.5 Å². The highest BCUT2D eigenvalue weighted by atomic mass is 16.3. The minimum Gasteiger partial charge on any atom is -0.391 e. The van der Waals surface area contributed by atoms with Crippen molar-refractivity contribution in [3.63, 3.8) is 0 Å². The minimum atomic E-state index is -0.357. The van der Waals surface area contributed by atoms with E-state index in [9.17, 15) is 5.11 Å². The second-order valence-electron chi connectivity index (χ2n) is 5.34. The summed E-state index contributed by atoms with van der Waals surface area (Å²) in [5.74, 6) is 0.994. The molecule has 6 nitrogen and oxygen atoms in total. The van der Waals surface area contributed by atoms with Crippen LogP contribution in [0.15, 0.2) is 25.0 Å². The van der Waals surface area contributed by atoms with E-state index in [-0.39, 0.29) is 11.5 Å². The van der Waals surface area contributed by atoms with E-state index in [0.717, 1.165) is 31.6 Å². The van der Waals surface area contributed by atoms with E-state index >= 15 is 0 Å². The highest BCUT2D eigenvalue weighted by Gasteiger charge is 2.48. The first-order valence-corrected chi connectivity index (χ1v) is 6.75. The average molecular weight is 261 g/mol. The summed E-state index contributed by atoms with van der Waals surface area (Å²) in [5, 5.41) is 14.1. The molecule has 1 atom stereocenters. The molecule has 19 heavy (non-hydrogen) atoms. The van der Waals surface area contributed by atoms with E-state index in [2.05, 4.69) is 19.6 Å². The summed E-state index contributed by atoms with van der Waals surface area (Å²) in [6, 6.07) is 0. The summed E-state index contributed by atoms with van der Waals surface area (Å²) >= 11 is 0. The van der Waals surface area contributed by atoms with Gasteiger partial charge in [-0.3, -0.25) is 0 Å². The fourth-order valence-electron chi connectivity index (χ4n) is 2.47. The molecule has 1 N–H and O–H groups in total. The van der Waals surface area contributed by atoms with Crippen molar-refractivity contribution in [3.8, 4) is 0 Å². The predicted molar refractivity (Wildman–Crippen MR) is 69.5 cm³/mol. The van der Waals surface area contributed by atoms with Crippen LogP contribution in [0.2, 0.25) is 0 Å². The molecule has 0 amide bonds. The van der Waals surface area contributed by atoms with E-state index in [1.807, 2.05) is 24.1 Å². The number of hydrogen-bond donors (Lipinski definition) is 1. The molecule has 1 saturated carbocycles. The molecule has 1 aliphatic rings. The van der Waals surface area contributed by atoms with Crippen molar-refractivity contribution in [2.75, 3.05) is 0 Å². The SMILES string of the molecule is CCC(O)Cn1ncnc1C1(Cn2ccnc2)CC1. The highest BCUT2D eigenvalue weighted by molar-refractivity contribution is 5.18. The maximum absolute atomic E-state index is 9.79. The van der Waals surface area contributed by atoms with Gasteiger partial charge in [0.15, 0.2) is 0 Å². The Hall–Kier alpha value is -1.69. The van der Waals surface area contributed by atoms with Gasteiger partial charge in [0, 0.05) is 24.4 Å². The summed E-state index contributed by atoms with van der Waals surface area (Å²) in [5.41, 5.74) is 0.0741. The van der Waals surface area contributed by atoms with Gasteiger partial charge in [-0.15, -0.1) is 0 Å². The van der Waals surface area contributed by atoms with E-state index < -0.39 is 0 Å². The molecule has 0 bridgehead atoms. The van der Waals surface area contributed by atoms with Crippen LogP contribution in [0.25, 0.3) is 0 Å². The van der Waals surface area contributed by atoms with Crippen molar-refractivity contribution in [1.29, 1.82) is 0 Å². The average Bonchev–Trinajstić information content (AvgIpc) is 2.82. The maximum Gasteiger partial charge on any atom is 0.138 e. The van der Waals surface area contributed by atoms with Crippen LogP contribution in [0.4, 0.5) is 0 Å². The van der Waals surface area contributed by atoms with Gasteiger partial charge in [-0.05, 0) is 19.3 Å². The van der Waals surface area contributed by atoms with Gasteiger partial charge >= 0.3 is 0 Å². The number of aromatic nitrogens is 5. The zero-order chi connectivity index (χ0) is 13.3. The maximum atomic E-state index is 9.79. The zero-order valence-electron chi connectivity index (χ0n) is 11.1. The lowest BCUT2D eigenvalue weighted by molar-refractivity contribution is 0.142. The minimum absolute atomic E-state index is 0.0741. The van der Waals surface area contributed by atoms with Crippen LogP contribution < -0.4 is 0 Å². The third-order valence-corrected chi connectivity index (χ3v) is 3.84. The molecule has 3 rings (SSSR count). The Morgan fingerprint density at radius 1 is 1.47 bits per heavy atom. The smallest absolute Gasteiger partial charge is 0.138 e. The van der Waals surface area contributed by atoms with Crippen LogP contribution in [0, 0.1) is 0 Å². The van der Waals surface area contributed by atoms with Gasteiger partial charge in [0.25, 0.3) is 0 Å². The molecule has 2 aromatic heterocycles. The van der Waals surface area contributed by atoms with Gasteiger partial charge in [-0.25, -0.2) is 14.6 Å². The first-order chi connectivity index (χ1) is 9.23. The zero-order valence-corrected chi connectivity index (χ0v) is 11.1. The normalized spacial score (nSPS) is 18.4. The van der Waals surface area contributed by atoms with Crippen LogP contribution in [-0.4, -0.2) is 35.5 Å². The number of rotatable bonds is 6. The number of imidazole rings is 1. The van der Waals surface area contributed by atoms with E-state index in [4.69, 9.17) is 0 Å². The van der Waals surface area contributed by atoms with E-state index in [1.165, 1.54) is 0 Å². The predicted octanol–water partition coefficient (Wildman–Crippen LogP) is 0.977. The molecule has 0 saturated heterocycles. The lowest BCUT2D eigenvalue weighted by Gasteiger charge is -2.17. The lowest BCUT2D eigenvalue weighted by atomic mass is 10.1. The monoisotopic (exact) mass is 261 g/mol. The van der Waals surface area contributed by atoms with Crippen molar-refractivity contribution in [2.45, 2.75) is 50.8 Å². The van der Waals surface area contributed by atoms with Gasteiger partial charge in [-0.1, -0.05) is 6.92 Å². The molecule has 0 aliphatic heterocycles. The van der Waals surface area contributed by atoms with Gasteiger partial charge in [0.1, 0.15) is 12.2 Å². The number of hydrogen-bond acceptors (Lipinski definition) is 4. The Kier molecular flexibility index (Phi) is 3.10. The highest BCUT2D eigenvalue weighted by Crippen LogP contribution is 2.48. The Labute approximate surface area is 112 Å². The van der Waals surface area contributed by atoms with Gasteiger partial charge in [0.2, 0.25) is 0 Å². The summed E-state index contributed by atoms with van der Waals surface area (Å²) in [4.78, 5) is 8.50. The first-order valence-electron chi connectivity index (χ1n) is 6.75. The molecular formula is C13H19N5O. The summed E-state index contributed by atoms with van der Waals surface area (Å²) < 4.78 is 3.94. The Balaban J connectivity index is 1.80. The van der Waals surface area contributed by atoms with Gasteiger partial charge in [0.05, 0.1) is 19.0 Å². The largest absolute Gasteiger partial charge is 0.391 e. The van der Waals surface area contributed by atoms with Crippen molar-refractivity contribution in [3.05, 3.63) is 30.9 Å². The van der Waals surface area contributed by atoms with Crippen molar-refractivity contribution in [1.82, 2.24) is 24.3 Å². The topological polar surface area (TPSA) is 68.8 Å². The molecular weight excluding hydrogens is 242 g/mol. The number of aliphatic hydroxyl groups is 1. The molecule has 0 aromatic carbocycles. The van der Waals surface area contributed by atoms with Crippen LogP contribution in [-0.2, 0) is 18.5 Å². The Morgan fingerprint density at radius 2 is 2.32 bits per heavy atom. The summed E-state index contributed by atoms with van der Waals surface area (Å²) in [7, 11) is 0. The summed E-state index contributed by atoms with van der Waals surface area (Å²) in [6.07, 6.45) is 9.80. The molecule has 1 fully saturated rings. The third-order valence-electron chi connectivity index (χ3n) is 3.84. The molecule has 1 unspecified atom stereocenters. The lowest BCUT2D eigenvalue weighted by Crippen LogP contribution is -2.25. The molecule has 0 radical (unpaired) electrons. The van der Waals surface area contributed by atoms with Gasteiger partial charge in [-0.2, -0.15) is 5.10 Å². The second-order valence-corrected chi connectivity index (χ2v) is 5.34. The molecule has 102 valence electrons.